The van der Waals surface area contributed by atoms with Crippen LogP contribution in [0.3, 0.4) is 0 Å². The topological polar surface area (TPSA) is 80.0 Å². The van der Waals surface area contributed by atoms with Gasteiger partial charge in [0.2, 0.25) is 5.78 Å². The van der Waals surface area contributed by atoms with Crippen molar-refractivity contribution in [2.24, 2.45) is 0 Å². The van der Waals surface area contributed by atoms with Crippen molar-refractivity contribution in [1.82, 2.24) is 0 Å². The molecule has 34 heavy (non-hydrogen) atoms. The van der Waals surface area contributed by atoms with Crippen LogP contribution in [-0.2, 0) is 4.79 Å². The predicted octanol–water partition coefficient (Wildman–Crippen LogP) is 6.38. The van der Waals surface area contributed by atoms with E-state index in [1.807, 2.05) is 25.1 Å². The van der Waals surface area contributed by atoms with Gasteiger partial charge in [-0.2, -0.15) is 0 Å². The molecule has 1 atom stereocenters. The van der Waals surface area contributed by atoms with Gasteiger partial charge in [0.25, 0.3) is 5.91 Å². The molecule has 3 aromatic carbocycles. The summed E-state index contributed by atoms with van der Waals surface area (Å²) in [5, 5.41) is 11.7. The van der Waals surface area contributed by atoms with Crippen molar-refractivity contribution in [2.45, 2.75) is 13.0 Å². The molecule has 5 rings (SSSR count). The first kappa shape index (κ1) is 22.0. The Balaban J connectivity index is 1.65. The number of hydrogen-bond acceptors (Lipinski definition) is 5. The molecule has 1 aromatic heterocycles. The van der Waals surface area contributed by atoms with Gasteiger partial charge in [-0.1, -0.05) is 46.3 Å². The number of carbonyl (C=O) groups is 2. The van der Waals surface area contributed by atoms with Crippen LogP contribution in [0, 0.1) is 0 Å². The fraction of sp³-hybridized carbons (Fsp3) is 0.111. The summed E-state index contributed by atoms with van der Waals surface area (Å²) < 4.78 is 12.3. The van der Waals surface area contributed by atoms with E-state index in [1.54, 1.807) is 60.7 Å². The maximum absolute atomic E-state index is 13.7. The average Bonchev–Trinajstić information content (AvgIpc) is 3.38. The normalized spacial score (nSPS) is 15.9. The number of rotatable bonds is 6. The zero-order valence-electron chi connectivity index (χ0n) is 18.2. The standard InChI is InChI=1S/C27H20BrNO5/c1-2-33-20-10-6-7-16(14-20)24-23(26(31)27(32)29(24)19-8-4-3-5-9-19)25(30)22-15-17-13-18(28)11-12-21(17)34-22/h3-15,24,31H,2H2,1H3. The summed E-state index contributed by atoms with van der Waals surface area (Å²) in [6.07, 6.45) is 0. The predicted molar refractivity (Wildman–Crippen MR) is 132 cm³/mol. The third-order valence-electron chi connectivity index (χ3n) is 5.67. The molecule has 0 bridgehead atoms. The zero-order valence-corrected chi connectivity index (χ0v) is 19.8. The lowest BCUT2D eigenvalue weighted by atomic mass is 9.94. The lowest BCUT2D eigenvalue weighted by Gasteiger charge is -2.27. The molecule has 0 radical (unpaired) electrons. The molecule has 1 N–H and O–H groups in total. The minimum absolute atomic E-state index is 0.0411. The van der Waals surface area contributed by atoms with Crippen molar-refractivity contribution in [2.75, 3.05) is 11.5 Å². The molecule has 6 nitrogen and oxygen atoms in total. The van der Waals surface area contributed by atoms with Crippen LogP contribution in [0.1, 0.15) is 29.1 Å². The Kier molecular flexibility index (Phi) is 5.71. The van der Waals surface area contributed by atoms with E-state index in [4.69, 9.17) is 9.15 Å². The second-order valence-corrected chi connectivity index (χ2v) is 8.72. The van der Waals surface area contributed by atoms with Crippen molar-refractivity contribution < 1.29 is 23.8 Å². The van der Waals surface area contributed by atoms with Crippen molar-refractivity contribution in [1.29, 1.82) is 0 Å². The molecule has 4 aromatic rings. The SMILES string of the molecule is CCOc1cccc(C2C(C(=O)c3cc4cc(Br)ccc4o3)=C(O)C(=O)N2c2ccccc2)c1. The molecule has 0 aliphatic carbocycles. The van der Waals surface area contributed by atoms with Gasteiger partial charge in [-0.15, -0.1) is 0 Å². The molecule has 1 unspecified atom stereocenters. The Hall–Kier alpha value is -3.84. The number of ether oxygens (including phenoxy) is 1. The highest BCUT2D eigenvalue weighted by molar-refractivity contribution is 9.10. The van der Waals surface area contributed by atoms with E-state index in [2.05, 4.69) is 15.9 Å². The number of aliphatic hydroxyl groups is 1. The zero-order chi connectivity index (χ0) is 23.8. The van der Waals surface area contributed by atoms with Gasteiger partial charge in [0.05, 0.1) is 18.2 Å². The highest BCUT2D eigenvalue weighted by atomic mass is 79.9. The molecule has 7 heteroatoms. The summed E-state index contributed by atoms with van der Waals surface area (Å²) in [5.41, 5.74) is 1.68. The Morgan fingerprint density at radius 2 is 1.85 bits per heavy atom. The van der Waals surface area contributed by atoms with Gasteiger partial charge in [0.15, 0.2) is 11.5 Å². The highest BCUT2D eigenvalue weighted by Gasteiger charge is 2.45. The number of fused-ring (bicyclic) bond motifs is 1. The van der Waals surface area contributed by atoms with Crippen molar-refractivity contribution in [3.63, 3.8) is 0 Å². The van der Waals surface area contributed by atoms with E-state index >= 15 is 0 Å². The van der Waals surface area contributed by atoms with Crippen molar-refractivity contribution in [3.8, 4) is 5.75 Å². The molecule has 0 spiro atoms. The number of hydrogen-bond donors (Lipinski definition) is 1. The average molecular weight is 518 g/mol. The smallest absolute Gasteiger partial charge is 0.294 e. The summed E-state index contributed by atoms with van der Waals surface area (Å²) in [5.74, 6) is -1.15. The third kappa shape index (κ3) is 3.78. The summed E-state index contributed by atoms with van der Waals surface area (Å²) in [7, 11) is 0. The Morgan fingerprint density at radius 3 is 2.62 bits per heavy atom. The lowest BCUT2D eigenvalue weighted by molar-refractivity contribution is -0.117. The van der Waals surface area contributed by atoms with Crippen LogP contribution in [0.25, 0.3) is 11.0 Å². The number of amides is 1. The molecule has 1 amide bonds. The first-order valence-electron chi connectivity index (χ1n) is 10.8. The highest BCUT2D eigenvalue weighted by Crippen LogP contribution is 2.43. The number of carbonyl (C=O) groups excluding carboxylic acids is 2. The van der Waals surface area contributed by atoms with Crippen LogP contribution in [0.4, 0.5) is 5.69 Å². The molecule has 0 fully saturated rings. The monoisotopic (exact) mass is 517 g/mol. The Morgan fingerprint density at radius 1 is 1.06 bits per heavy atom. The van der Waals surface area contributed by atoms with Gasteiger partial charge < -0.3 is 14.3 Å². The fourth-order valence-corrected chi connectivity index (χ4v) is 4.59. The van der Waals surface area contributed by atoms with Crippen LogP contribution >= 0.6 is 15.9 Å². The van der Waals surface area contributed by atoms with Crippen LogP contribution in [0.15, 0.2) is 99.1 Å². The maximum atomic E-state index is 13.7. The van der Waals surface area contributed by atoms with E-state index in [0.29, 0.717) is 29.2 Å². The number of Topliss-reactive ketones (excluding diaryl/α,β-unsaturated/α-hetero) is 1. The van der Waals surface area contributed by atoms with Gasteiger partial charge in [0.1, 0.15) is 11.3 Å². The van der Waals surface area contributed by atoms with Gasteiger partial charge >= 0.3 is 0 Å². The Bertz CT molecular complexity index is 1440. The Labute approximate surface area is 204 Å². The minimum Gasteiger partial charge on any atom is -0.503 e. The van der Waals surface area contributed by atoms with E-state index in [9.17, 15) is 14.7 Å². The lowest BCUT2D eigenvalue weighted by Crippen LogP contribution is -2.31. The molecule has 170 valence electrons. The van der Waals surface area contributed by atoms with Crippen LogP contribution in [0.2, 0.25) is 0 Å². The maximum Gasteiger partial charge on any atom is 0.294 e. The number of para-hydroxylation sites is 1. The number of nitrogens with zero attached hydrogens (tertiary/aromatic N) is 1. The molecule has 0 saturated carbocycles. The quantitative estimate of drug-likeness (QED) is 0.300. The molecule has 1 aliphatic heterocycles. The molecular formula is C27H20BrNO5. The summed E-state index contributed by atoms with van der Waals surface area (Å²) in [6.45, 7) is 2.35. The second kappa shape index (κ2) is 8.83. The van der Waals surface area contributed by atoms with Crippen LogP contribution in [0.5, 0.6) is 5.75 Å². The molecule has 2 heterocycles. The first-order chi connectivity index (χ1) is 16.5. The first-order valence-corrected chi connectivity index (χ1v) is 11.6. The number of halogens is 1. The summed E-state index contributed by atoms with van der Waals surface area (Å²) in [6, 6.07) is 22.3. The number of anilines is 1. The largest absolute Gasteiger partial charge is 0.503 e. The molecule has 0 saturated heterocycles. The minimum atomic E-state index is -0.859. The van der Waals surface area contributed by atoms with Gasteiger partial charge in [-0.3, -0.25) is 14.5 Å². The van der Waals surface area contributed by atoms with E-state index in [1.165, 1.54) is 4.90 Å². The fourth-order valence-electron chi connectivity index (χ4n) is 4.21. The van der Waals surface area contributed by atoms with E-state index < -0.39 is 23.5 Å². The second-order valence-electron chi connectivity index (χ2n) is 7.80. The van der Waals surface area contributed by atoms with Crippen LogP contribution in [-0.4, -0.2) is 23.4 Å². The van der Waals surface area contributed by atoms with Crippen LogP contribution < -0.4 is 9.64 Å². The summed E-state index contributed by atoms with van der Waals surface area (Å²) >= 11 is 3.42. The van der Waals surface area contributed by atoms with Gasteiger partial charge in [-0.25, -0.2) is 0 Å². The third-order valence-corrected chi connectivity index (χ3v) is 6.17. The van der Waals surface area contributed by atoms with Gasteiger partial charge in [-0.05, 0) is 61.0 Å². The van der Waals surface area contributed by atoms with Crippen molar-refractivity contribution in [3.05, 3.63) is 106 Å². The number of benzene rings is 3. The number of furan rings is 1. The number of aliphatic hydroxyl groups excluding tert-OH is 1. The number of ketones is 1. The van der Waals surface area contributed by atoms with E-state index in [0.717, 1.165) is 9.86 Å². The van der Waals surface area contributed by atoms with E-state index in [-0.39, 0.29) is 11.3 Å². The molecule has 1 aliphatic rings. The van der Waals surface area contributed by atoms with Crippen molar-refractivity contribution >= 4 is 44.3 Å². The van der Waals surface area contributed by atoms with Gasteiger partial charge in [0, 0.05) is 15.5 Å². The summed E-state index contributed by atoms with van der Waals surface area (Å²) in [4.78, 5) is 28.4. The molecular weight excluding hydrogens is 498 g/mol.